The molecule has 0 aromatic heterocycles. The lowest BCUT2D eigenvalue weighted by Crippen LogP contribution is -2.42. The Labute approximate surface area is 220 Å². The first kappa shape index (κ1) is 29.4. The van der Waals surface area contributed by atoms with Crippen molar-refractivity contribution < 1.29 is 24.2 Å². The van der Waals surface area contributed by atoms with Gasteiger partial charge >= 0.3 is 12.1 Å². The summed E-state index contributed by atoms with van der Waals surface area (Å²) in [6.45, 7) is 15.8. The first-order valence-electron chi connectivity index (χ1n) is 12.7. The zero-order valence-electron chi connectivity index (χ0n) is 22.7. The van der Waals surface area contributed by atoms with Crippen LogP contribution in [0, 0.1) is 0 Å². The van der Waals surface area contributed by atoms with Crippen LogP contribution in [0.1, 0.15) is 64.2 Å². The topological polar surface area (TPSA) is 84.9 Å². The maximum atomic E-state index is 12.6. The quantitative estimate of drug-likeness (QED) is 0.386. The van der Waals surface area contributed by atoms with Crippen molar-refractivity contribution in [1.29, 1.82) is 0 Å². The molecule has 0 bridgehead atoms. The Hall–Kier alpha value is -3.80. The zero-order valence-corrected chi connectivity index (χ0v) is 22.7. The van der Waals surface area contributed by atoms with Gasteiger partial charge < -0.3 is 19.9 Å². The van der Waals surface area contributed by atoms with Crippen LogP contribution in [0.5, 0.6) is 5.75 Å². The molecule has 0 fully saturated rings. The van der Waals surface area contributed by atoms with Crippen LogP contribution in [0.2, 0.25) is 0 Å². The number of carbonyl (C=O) groups excluding carboxylic acids is 1. The van der Waals surface area contributed by atoms with E-state index in [1.807, 2.05) is 84.0 Å². The summed E-state index contributed by atoms with van der Waals surface area (Å²) in [6.07, 6.45) is 5.10. The number of carboxylic acids is 1. The molecule has 1 aliphatic carbocycles. The SMILES string of the molecule is C=CC1=C(/C=C\C)C(COC(=O)NC(Cc2ccc(OC(C)(C)C)cc2)C(=O)O)c2ccccc21.CC. The Morgan fingerprint density at radius 3 is 2.32 bits per heavy atom. The minimum Gasteiger partial charge on any atom is -0.488 e. The van der Waals surface area contributed by atoms with Gasteiger partial charge in [-0.15, -0.1) is 0 Å². The molecule has 2 aromatic rings. The van der Waals surface area contributed by atoms with E-state index in [0.717, 1.165) is 27.8 Å². The van der Waals surface area contributed by atoms with E-state index in [0.29, 0.717) is 5.75 Å². The number of aliphatic carboxylic acids is 1. The molecule has 2 atom stereocenters. The lowest BCUT2D eigenvalue weighted by atomic mass is 9.96. The van der Waals surface area contributed by atoms with Crippen LogP contribution in [-0.2, 0) is 16.0 Å². The summed E-state index contributed by atoms with van der Waals surface area (Å²) in [6, 6.07) is 14.0. The molecule has 0 spiro atoms. The number of amides is 1. The maximum Gasteiger partial charge on any atom is 0.407 e. The first-order chi connectivity index (χ1) is 17.6. The van der Waals surface area contributed by atoms with Gasteiger partial charge in [0.25, 0.3) is 0 Å². The monoisotopic (exact) mass is 505 g/mol. The third kappa shape index (κ3) is 8.10. The molecule has 0 aliphatic heterocycles. The predicted molar refractivity (Wildman–Crippen MR) is 149 cm³/mol. The first-order valence-corrected chi connectivity index (χ1v) is 12.7. The van der Waals surface area contributed by atoms with Gasteiger partial charge in [-0.3, -0.25) is 0 Å². The van der Waals surface area contributed by atoms with E-state index < -0.39 is 18.1 Å². The molecule has 0 radical (unpaired) electrons. The number of nitrogens with one attached hydrogen (secondary N) is 1. The second kappa shape index (κ2) is 13.5. The molecule has 0 saturated heterocycles. The molecule has 1 aliphatic rings. The number of carboxylic acid groups (broad SMARTS) is 1. The Bertz CT molecular complexity index is 1140. The summed E-state index contributed by atoms with van der Waals surface area (Å²) in [7, 11) is 0. The number of hydrogen-bond acceptors (Lipinski definition) is 4. The van der Waals surface area contributed by atoms with Crippen molar-refractivity contribution in [2.24, 2.45) is 0 Å². The second-order valence-corrected chi connectivity index (χ2v) is 9.41. The molecule has 2 aromatic carbocycles. The summed E-state index contributed by atoms with van der Waals surface area (Å²) in [5, 5.41) is 12.1. The lowest BCUT2D eigenvalue weighted by molar-refractivity contribution is -0.139. The third-order valence-electron chi connectivity index (χ3n) is 5.62. The van der Waals surface area contributed by atoms with Crippen molar-refractivity contribution in [2.75, 3.05) is 6.61 Å². The number of fused-ring (bicyclic) bond motifs is 1. The van der Waals surface area contributed by atoms with Crippen LogP contribution < -0.4 is 10.1 Å². The van der Waals surface area contributed by atoms with Crippen molar-refractivity contribution in [3.63, 3.8) is 0 Å². The Morgan fingerprint density at radius 1 is 1.11 bits per heavy atom. The molecule has 1 amide bonds. The number of ether oxygens (including phenoxy) is 2. The number of rotatable bonds is 9. The minimum absolute atomic E-state index is 0.0883. The Kier molecular flexibility index (Phi) is 10.7. The van der Waals surface area contributed by atoms with Crippen molar-refractivity contribution >= 4 is 17.6 Å². The molecule has 2 N–H and O–H groups in total. The molecular weight excluding hydrogens is 466 g/mol. The highest BCUT2D eigenvalue weighted by Gasteiger charge is 2.30. The lowest BCUT2D eigenvalue weighted by Gasteiger charge is -2.21. The van der Waals surface area contributed by atoms with Gasteiger partial charge in [0.2, 0.25) is 0 Å². The average molecular weight is 506 g/mol. The smallest absolute Gasteiger partial charge is 0.407 e. The summed E-state index contributed by atoms with van der Waals surface area (Å²) in [5.74, 6) is -0.590. The summed E-state index contributed by atoms with van der Waals surface area (Å²) < 4.78 is 11.3. The molecule has 6 heteroatoms. The largest absolute Gasteiger partial charge is 0.488 e. The van der Waals surface area contributed by atoms with Crippen molar-refractivity contribution in [3.05, 3.63) is 95.6 Å². The molecule has 2 unspecified atom stereocenters. The van der Waals surface area contributed by atoms with E-state index in [1.54, 1.807) is 24.3 Å². The van der Waals surface area contributed by atoms with Crippen LogP contribution in [0.15, 0.2) is 78.9 Å². The van der Waals surface area contributed by atoms with Crippen LogP contribution in [0.25, 0.3) is 5.57 Å². The Balaban J connectivity index is 0.00000235. The summed E-state index contributed by atoms with van der Waals surface area (Å²) in [5.41, 5.74) is 4.57. The predicted octanol–water partition coefficient (Wildman–Crippen LogP) is 6.93. The van der Waals surface area contributed by atoms with Gasteiger partial charge in [0, 0.05) is 12.3 Å². The summed E-state index contributed by atoms with van der Waals surface area (Å²) in [4.78, 5) is 24.4. The molecule has 0 heterocycles. The molecule has 3 rings (SSSR count). The van der Waals surface area contributed by atoms with Gasteiger partial charge in [-0.05, 0) is 67.7 Å². The Morgan fingerprint density at radius 2 is 1.76 bits per heavy atom. The second-order valence-electron chi connectivity index (χ2n) is 9.41. The molecular formula is C31H39NO5. The molecule has 37 heavy (non-hydrogen) atoms. The van der Waals surface area contributed by atoms with E-state index in [-0.39, 0.29) is 24.5 Å². The highest BCUT2D eigenvalue weighted by atomic mass is 16.5. The van der Waals surface area contributed by atoms with E-state index in [9.17, 15) is 14.7 Å². The normalized spacial score (nSPS) is 15.4. The van der Waals surface area contributed by atoms with Gasteiger partial charge in [-0.25, -0.2) is 9.59 Å². The number of allylic oxidation sites excluding steroid dienone is 4. The number of carbonyl (C=O) groups is 2. The number of hydrogen-bond donors (Lipinski definition) is 2. The minimum atomic E-state index is -1.13. The summed E-state index contributed by atoms with van der Waals surface area (Å²) >= 11 is 0. The number of alkyl carbamates (subject to hydrolysis) is 1. The third-order valence-corrected chi connectivity index (χ3v) is 5.62. The van der Waals surface area contributed by atoms with Gasteiger partial charge in [0.05, 0.1) is 0 Å². The van der Waals surface area contributed by atoms with Crippen LogP contribution >= 0.6 is 0 Å². The fourth-order valence-corrected chi connectivity index (χ4v) is 4.18. The standard InChI is InChI=1S/C29H33NO5.C2H6/c1-6-10-22-21(7-2)23-11-8-9-12-24(23)25(22)18-34-28(33)30-26(27(31)32)17-19-13-15-20(16-14-19)35-29(3,4)5;1-2/h6-16,25-26H,2,17-18H2,1,3-5H3,(H,30,33)(H,31,32);1-2H3/b10-6-;. The van der Waals surface area contributed by atoms with Gasteiger partial charge in [0.1, 0.15) is 24.0 Å². The molecule has 198 valence electrons. The van der Waals surface area contributed by atoms with Gasteiger partial charge in [0.15, 0.2) is 0 Å². The maximum absolute atomic E-state index is 12.6. The van der Waals surface area contributed by atoms with Crippen LogP contribution in [-0.4, -0.2) is 35.4 Å². The van der Waals surface area contributed by atoms with E-state index in [4.69, 9.17) is 9.47 Å². The molecule has 6 nitrogen and oxygen atoms in total. The fourth-order valence-electron chi connectivity index (χ4n) is 4.18. The van der Waals surface area contributed by atoms with Crippen molar-refractivity contribution in [1.82, 2.24) is 5.32 Å². The van der Waals surface area contributed by atoms with E-state index in [1.165, 1.54) is 0 Å². The van der Waals surface area contributed by atoms with Gasteiger partial charge in [-0.2, -0.15) is 0 Å². The fraction of sp³-hybridized carbons (Fsp3) is 0.355. The zero-order chi connectivity index (χ0) is 27.6. The number of benzene rings is 2. The van der Waals surface area contributed by atoms with Gasteiger partial charge in [-0.1, -0.05) is 75.1 Å². The average Bonchev–Trinajstić information content (AvgIpc) is 3.16. The van der Waals surface area contributed by atoms with E-state index in [2.05, 4.69) is 11.9 Å². The van der Waals surface area contributed by atoms with Crippen molar-refractivity contribution in [3.8, 4) is 5.75 Å². The van der Waals surface area contributed by atoms with Crippen LogP contribution in [0.4, 0.5) is 4.79 Å². The van der Waals surface area contributed by atoms with Crippen LogP contribution in [0.3, 0.4) is 0 Å². The van der Waals surface area contributed by atoms with E-state index >= 15 is 0 Å². The molecule has 0 saturated carbocycles. The highest BCUT2D eigenvalue weighted by Crippen LogP contribution is 2.43. The van der Waals surface area contributed by atoms with Crippen molar-refractivity contribution in [2.45, 2.75) is 65.5 Å². The highest BCUT2D eigenvalue weighted by molar-refractivity contribution is 5.86.